The first-order valence-electron chi connectivity index (χ1n) is 9.78. The maximum atomic E-state index is 12.9. The summed E-state index contributed by atoms with van der Waals surface area (Å²) in [7, 11) is 0. The van der Waals surface area contributed by atoms with Crippen molar-refractivity contribution in [3.63, 3.8) is 0 Å². The molecular formula is C23H22N6OS. The Labute approximate surface area is 184 Å². The molecule has 0 radical (unpaired) electrons. The van der Waals surface area contributed by atoms with E-state index in [0.717, 1.165) is 16.8 Å². The molecule has 0 saturated carbocycles. The fourth-order valence-corrected chi connectivity index (χ4v) is 3.93. The number of hydrogen-bond donors (Lipinski definition) is 2. The van der Waals surface area contributed by atoms with Crippen molar-refractivity contribution in [2.75, 3.05) is 11.1 Å². The lowest BCUT2D eigenvalue weighted by Gasteiger charge is -2.15. The van der Waals surface area contributed by atoms with Crippen molar-refractivity contribution in [3.8, 4) is 17.1 Å². The number of pyridine rings is 1. The highest BCUT2D eigenvalue weighted by atomic mass is 32.2. The molecule has 4 aromatic rings. The summed E-state index contributed by atoms with van der Waals surface area (Å²) in [4.78, 5) is 17.1. The van der Waals surface area contributed by atoms with Crippen LogP contribution < -0.4 is 11.1 Å². The molecule has 0 bridgehead atoms. The summed E-state index contributed by atoms with van der Waals surface area (Å²) in [5, 5.41) is 11.9. The molecule has 8 heteroatoms. The van der Waals surface area contributed by atoms with Crippen LogP contribution in [0.2, 0.25) is 0 Å². The molecular weight excluding hydrogens is 408 g/mol. The highest BCUT2D eigenvalue weighted by Gasteiger charge is 2.22. The third kappa shape index (κ3) is 4.59. The van der Waals surface area contributed by atoms with Crippen LogP contribution in [-0.4, -0.2) is 30.9 Å². The van der Waals surface area contributed by atoms with Crippen molar-refractivity contribution in [2.45, 2.75) is 24.3 Å². The molecule has 0 aliphatic heterocycles. The molecule has 4 rings (SSSR count). The molecule has 0 aliphatic carbocycles. The zero-order chi connectivity index (χ0) is 21.8. The summed E-state index contributed by atoms with van der Waals surface area (Å²) in [6, 6.07) is 19.1. The van der Waals surface area contributed by atoms with Gasteiger partial charge >= 0.3 is 0 Å². The number of rotatable bonds is 6. The van der Waals surface area contributed by atoms with Gasteiger partial charge in [0.1, 0.15) is 0 Å². The highest BCUT2D eigenvalue weighted by molar-refractivity contribution is 8.00. The smallest absolute Gasteiger partial charge is 0.237 e. The fourth-order valence-electron chi connectivity index (χ4n) is 3.06. The van der Waals surface area contributed by atoms with Crippen LogP contribution in [0.25, 0.3) is 17.1 Å². The maximum absolute atomic E-state index is 12.9. The van der Waals surface area contributed by atoms with Gasteiger partial charge in [-0.15, -0.1) is 10.2 Å². The number of hydrogen-bond acceptors (Lipinski definition) is 6. The standard InChI is InChI=1S/C23H22N6OS/c1-15-10-11-18(24)13-20(15)26-22(30)16(2)31-23-28-27-21(17-7-6-12-25-14-17)29(23)19-8-4-3-5-9-19/h3-14,16H,24H2,1-2H3,(H,26,30)/t16-/m1/s1. The second kappa shape index (κ2) is 9.01. The number of aromatic nitrogens is 4. The van der Waals surface area contributed by atoms with Crippen LogP contribution >= 0.6 is 11.8 Å². The van der Waals surface area contributed by atoms with E-state index in [1.54, 1.807) is 18.5 Å². The summed E-state index contributed by atoms with van der Waals surface area (Å²) in [5.41, 5.74) is 9.88. The Balaban J connectivity index is 1.63. The zero-order valence-corrected chi connectivity index (χ0v) is 18.0. The number of nitrogen functional groups attached to an aromatic ring is 1. The Morgan fingerprint density at radius 1 is 1.10 bits per heavy atom. The van der Waals surface area contributed by atoms with Crippen LogP contribution in [0.1, 0.15) is 12.5 Å². The van der Waals surface area contributed by atoms with Crippen molar-refractivity contribution >= 4 is 29.0 Å². The van der Waals surface area contributed by atoms with E-state index >= 15 is 0 Å². The normalized spacial score (nSPS) is 11.8. The lowest BCUT2D eigenvalue weighted by Crippen LogP contribution is -2.23. The van der Waals surface area contributed by atoms with Gasteiger partial charge in [-0.25, -0.2) is 0 Å². The summed E-state index contributed by atoms with van der Waals surface area (Å²) in [6.07, 6.45) is 3.46. The molecule has 0 fully saturated rings. The van der Waals surface area contributed by atoms with Gasteiger partial charge in [0.15, 0.2) is 11.0 Å². The van der Waals surface area contributed by atoms with E-state index in [4.69, 9.17) is 5.73 Å². The van der Waals surface area contributed by atoms with Crippen molar-refractivity contribution in [1.29, 1.82) is 0 Å². The lowest BCUT2D eigenvalue weighted by molar-refractivity contribution is -0.115. The molecule has 1 atom stereocenters. The number of carbonyl (C=O) groups is 1. The maximum Gasteiger partial charge on any atom is 0.237 e. The molecule has 0 saturated heterocycles. The van der Waals surface area contributed by atoms with Crippen LogP contribution in [0.4, 0.5) is 11.4 Å². The van der Waals surface area contributed by atoms with Gasteiger partial charge in [-0.05, 0) is 55.8 Å². The molecule has 2 aromatic carbocycles. The van der Waals surface area contributed by atoms with E-state index in [1.165, 1.54) is 11.8 Å². The van der Waals surface area contributed by atoms with Gasteiger partial charge in [-0.2, -0.15) is 0 Å². The molecule has 156 valence electrons. The molecule has 2 aromatic heterocycles. The first-order chi connectivity index (χ1) is 15.0. The number of anilines is 2. The molecule has 1 amide bonds. The van der Waals surface area contributed by atoms with Crippen LogP contribution in [0.3, 0.4) is 0 Å². The van der Waals surface area contributed by atoms with E-state index in [0.29, 0.717) is 22.4 Å². The number of benzene rings is 2. The Bertz CT molecular complexity index is 1190. The first-order valence-corrected chi connectivity index (χ1v) is 10.7. The minimum Gasteiger partial charge on any atom is -0.399 e. The summed E-state index contributed by atoms with van der Waals surface area (Å²) >= 11 is 1.34. The van der Waals surface area contributed by atoms with Gasteiger partial charge < -0.3 is 11.1 Å². The van der Waals surface area contributed by atoms with Crippen molar-refractivity contribution < 1.29 is 4.79 Å². The zero-order valence-electron chi connectivity index (χ0n) is 17.2. The second-order valence-corrected chi connectivity index (χ2v) is 8.35. The number of nitrogens with zero attached hydrogens (tertiary/aromatic N) is 4. The van der Waals surface area contributed by atoms with Gasteiger partial charge in [-0.1, -0.05) is 36.0 Å². The topological polar surface area (TPSA) is 98.7 Å². The molecule has 0 unspecified atom stereocenters. The van der Waals surface area contributed by atoms with Crippen LogP contribution in [0, 0.1) is 6.92 Å². The molecule has 0 spiro atoms. The fraction of sp³-hybridized carbons (Fsp3) is 0.130. The number of amides is 1. The van der Waals surface area contributed by atoms with Crippen molar-refractivity contribution in [1.82, 2.24) is 19.7 Å². The number of aryl methyl sites for hydroxylation is 1. The van der Waals surface area contributed by atoms with Gasteiger partial charge in [0.2, 0.25) is 5.91 Å². The van der Waals surface area contributed by atoms with E-state index in [1.807, 2.05) is 73.0 Å². The quantitative estimate of drug-likeness (QED) is 0.349. The number of nitrogens with one attached hydrogen (secondary N) is 1. The number of carbonyl (C=O) groups excluding carboxylic acids is 1. The second-order valence-electron chi connectivity index (χ2n) is 7.04. The van der Waals surface area contributed by atoms with E-state index in [-0.39, 0.29) is 5.91 Å². The number of nitrogens with two attached hydrogens (primary N) is 1. The van der Waals surface area contributed by atoms with Crippen molar-refractivity contribution in [2.24, 2.45) is 0 Å². The predicted octanol–water partition coefficient (Wildman–Crippen LogP) is 4.34. The van der Waals surface area contributed by atoms with E-state index in [9.17, 15) is 4.79 Å². The Hall–Kier alpha value is -3.65. The molecule has 3 N–H and O–H groups in total. The predicted molar refractivity (Wildman–Crippen MR) is 124 cm³/mol. The third-order valence-corrected chi connectivity index (χ3v) is 5.78. The summed E-state index contributed by atoms with van der Waals surface area (Å²) in [5.74, 6) is 0.533. The number of para-hydroxylation sites is 1. The SMILES string of the molecule is Cc1ccc(N)cc1NC(=O)[C@@H](C)Sc1nnc(-c2cccnc2)n1-c1ccccc1. The Morgan fingerprint density at radius 2 is 1.90 bits per heavy atom. The Morgan fingerprint density at radius 3 is 2.65 bits per heavy atom. The monoisotopic (exact) mass is 430 g/mol. The first kappa shape index (κ1) is 20.6. The molecule has 7 nitrogen and oxygen atoms in total. The van der Waals surface area contributed by atoms with Gasteiger partial charge in [0.05, 0.1) is 5.25 Å². The average molecular weight is 431 g/mol. The molecule has 2 heterocycles. The third-order valence-electron chi connectivity index (χ3n) is 4.74. The van der Waals surface area contributed by atoms with E-state index in [2.05, 4.69) is 20.5 Å². The minimum atomic E-state index is -0.408. The number of thioether (sulfide) groups is 1. The minimum absolute atomic E-state index is 0.135. The van der Waals surface area contributed by atoms with Crippen LogP contribution in [0.5, 0.6) is 0 Å². The largest absolute Gasteiger partial charge is 0.399 e. The van der Waals surface area contributed by atoms with Gasteiger partial charge in [0, 0.05) is 35.0 Å². The summed E-state index contributed by atoms with van der Waals surface area (Å²) in [6.45, 7) is 3.77. The van der Waals surface area contributed by atoms with Crippen LogP contribution in [0.15, 0.2) is 78.2 Å². The van der Waals surface area contributed by atoms with Crippen LogP contribution in [-0.2, 0) is 4.79 Å². The molecule has 31 heavy (non-hydrogen) atoms. The summed E-state index contributed by atoms with van der Waals surface area (Å²) < 4.78 is 1.94. The highest BCUT2D eigenvalue weighted by Crippen LogP contribution is 2.30. The average Bonchev–Trinajstić information content (AvgIpc) is 3.21. The van der Waals surface area contributed by atoms with Gasteiger partial charge in [-0.3, -0.25) is 14.3 Å². The molecule has 0 aliphatic rings. The Kier molecular flexibility index (Phi) is 5.99. The van der Waals surface area contributed by atoms with Gasteiger partial charge in [0.25, 0.3) is 0 Å². The lowest BCUT2D eigenvalue weighted by atomic mass is 10.2. The van der Waals surface area contributed by atoms with E-state index < -0.39 is 5.25 Å². The van der Waals surface area contributed by atoms with Crippen molar-refractivity contribution in [3.05, 3.63) is 78.6 Å².